The number of thioether (sulfide) groups is 1. The van der Waals surface area contributed by atoms with E-state index in [9.17, 15) is 8.78 Å². The highest BCUT2D eigenvalue weighted by Crippen LogP contribution is 2.21. The Morgan fingerprint density at radius 3 is 2.47 bits per heavy atom. The van der Waals surface area contributed by atoms with Crippen LogP contribution >= 0.6 is 11.8 Å². The Hall–Kier alpha value is -0.650. The molecule has 96 valence electrons. The molecular formula is C12H18F2N2S. The molecule has 1 aromatic carbocycles. The summed E-state index contributed by atoms with van der Waals surface area (Å²) in [6.45, 7) is 4.27. The van der Waals surface area contributed by atoms with Gasteiger partial charge in [0.25, 0.3) is 0 Å². The summed E-state index contributed by atoms with van der Waals surface area (Å²) >= 11 is 1.74. The average molecular weight is 260 g/mol. The number of nitrogens with one attached hydrogen (secondary N) is 1. The molecule has 0 fully saturated rings. The van der Waals surface area contributed by atoms with E-state index < -0.39 is 11.6 Å². The standard InChI is InChI=1S/C12H18F2N2S/c1-8(2)6-17-7-12(16-15)9-3-4-10(13)11(14)5-9/h3-5,8,12,16H,6-7,15H2,1-2H3. The lowest BCUT2D eigenvalue weighted by molar-refractivity contribution is 0.502. The van der Waals surface area contributed by atoms with Crippen molar-refractivity contribution in [2.24, 2.45) is 11.8 Å². The molecule has 1 rings (SSSR count). The molecule has 5 heteroatoms. The van der Waals surface area contributed by atoms with E-state index in [1.165, 1.54) is 6.07 Å². The zero-order valence-electron chi connectivity index (χ0n) is 10.0. The van der Waals surface area contributed by atoms with Gasteiger partial charge >= 0.3 is 0 Å². The van der Waals surface area contributed by atoms with Gasteiger partial charge in [-0.25, -0.2) is 8.78 Å². The molecular weight excluding hydrogens is 242 g/mol. The maximum Gasteiger partial charge on any atom is 0.159 e. The minimum absolute atomic E-state index is 0.158. The van der Waals surface area contributed by atoms with Gasteiger partial charge in [0.1, 0.15) is 0 Å². The van der Waals surface area contributed by atoms with E-state index >= 15 is 0 Å². The first-order valence-corrected chi connectivity index (χ1v) is 6.69. The van der Waals surface area contributed by atoms with Crippen molar-refractivity contribution in [3.8, 4) is 0 Å². The molecule has 0 aliphatic rings. The molecule has 0 aliphatic carbocycles. The lowest BCUT2D eigenvalue weighted by Crippen LogP contribution is -2.30. The number of nitrogens with two attached hydrogens (primary N) is 1. The zero-order chi connectivity index (χ0) is 12.8. The van der Waals surface area contributed by atoms with Gasteiger partial charge in [-0.1, -0.05) is 19.9 Å². The topological polar surface area (TPSA) is 38.0 Å². The van der Waals surface area contributed by atoms with E-state index in [2.05, 4.69) is 19.3 Å². The molecule has 0 radical (unpaired) electrons. The predicted molar refractivity (Wildman–Crippen MR) is 68.6 cm³/mol. The van der Waals surface area contributed by atoms with Crippen molar-refractivity contribution < 1.29 is 8.78 Å². The van der Waals surface area contributed by atoms with Crippen molar-refractivity contribution in [2.75, 3.05) is 11.5 Å². The highest BCUT2D eigenvalue weighted by atomic mass is 32.2. The zero-order valence-corrected chi connectivity index (χ0v) is 10.9. The van der Waals surface area contributed by atoms with Gasteiger partial charge in [-0.05, 0) is 29.4 Å². The Balaban J connectivity index is 2.62. The lowest BCUT2D eigenvalue weighted by Gasteiger charge is -2.16. The molecule has 17 heavy (non-hydrogen) atoms. The smallest absolute Gasteiger partial charge is 0.159 e. The number of hydrogen-bond acceptors (Lipinski definition) is 3. The van der Waals surface area contributed by atoms with Crippen LogP contribution in [0.5, 0.6) is 0 Å². The number of halogens is 2. The van der Waals surface area contributed by atoms with Gasteiger partial charge < -0.3 is 0 Å². The lowest BCUT2D eigenvalue weighted by atomic mass is 10.1. The van der Waals surface area contributed by atoms with Crippen molar-refractivity contribution in [1.29, 1.82) is 0 Å². The first-order chi connectivity index (χ1) is 8.04. The Morgan fingerprint density at radius 1 is 1.24 bits per heavy atom. The van der Waals surface area contributed by atoms with Gasteiger partial charge in [0.15, 0.2) is 11.6 Å². The normalized spacial score (nSPS) is 13.1. The van der Waals surface area contributed by atoms with Gasteiger partial charge in [-0.15, -0.1) is 0 Å². The SMILES string of the molecule is CC(C)CSCC(NN)c1ccc(F)c(F)c1. The summed E-state index contributed by atoms with van der Waals surface area (Å²) in [7, 11) is 0. The average Bonchev–Trinajstić information content (AvgIpc) is 2.28. The number of hydrazine groups is 1. The van der Waals surface area contributed by atoms with Crippen molar-refractivity contribution in [2.45, 2.75) is 19.9 Å². The Morgan fingerprint density at radius 2 is 1.94 bits per heavy atom. The Kier molecular flexibility index (Phi) is 5.88. The third kappa shape index (κ3) is 4.61. The summed E-state index contributed by atoms with van der Waals surface area (Å²) in [5, 5.41) is 0. The van der Waals surface area contributed by atoms with Crippen LogP contribution in [0.3, 0.4) is 0 Å². The molecule has 0 saturated heterocycles. The fourth-order valence-electron chi connectivity index (χ4n) is 1.39. The third-order valence-corrected chi connectivity index (χ3v) is 3.75. The molecule has 1 aromatic rings. The van der Waals surface area contributed by atoms with Gasteiger partial charge in [0.2, 0.25) is 0 Å². The monoisotopic (exact) mass is 260 g/mol. The van der Waals surface area contributed by atoms with Crippen molar-refractivity contribution >= 4 is 11.8 Å². The van der Waals surface area contributed by atoms with Gasteiger partial charge in [0, 0.05) is 5.75 Å². The van der Waals surface area contributed by atoms with Gasteiger partial charge in [-0.2, -0.15) is 11.8 Å². The second-order valence-corrected chi connectivity index (χ2v) is 5.40. The van der Waals surface area contributed by atoms with Crippen LogP contribution in [-0.4, -0.2) is 11.5 Å². The Labute approximate surface area is 105 Å². The van der Waals surface area contributed by atoms with Crippen molar-refractivity contribution in [3.05, 3.63) is 35.4 Å². The first kappa shape index (κ1) is 14.4. The maximum absolute atomic E-state index is 13.1. The molecule has 0 aliphatic heterocycles. The van der Waals surface area contributed by atoms with Crippen LogP contribution < -0.4 is 11.3 Å². The summed E-state index contributed by atoms with van der Waals surface area (Å²) in [4.78, 5) is 0. The quantitative estimate of drug-likeness (QED) is 0.610. The van der Waals surface area contributed by atoms with E-state index in [1.807, 2.05) is 0 Å². The second-order valence-electron chi connectivity index (χ2n) is 4.32. The summed E-state index contributed by atoms with van der Waals surface area (Å²) in [5.41, 5.74) is 3.30. The molecule has 0 amide bonds. The Bertz CT molecular complexity index is 358. The van der Waals surface area contributed by atoms with Crippen LogP contribution in [0.25, 0.3) is 0 Å². The molecule has 1 atom stereocenters. The highest BCUT2D eigenvalue weighted by molar-refractivity contribution is 7.99. The van der Waals surface area contributed by atoms with E-state index in [0.29, 0.717) is 11.5 Å². The van der Waals surface area contributed by atoms with Crippen molar-refractivity contribution in [1.82, 2.24) is 5.43 Å². The number of benzene rings is 1. The van der Waals surface area contributed by atoms with Crippen LogP contribution in [0, 0.1) is 17.6 Å². The fraction of sp³-hybridized carbons (Fsp3) is 0.500. The summed E-state index contributed by atoms with van der Waals surface area (Å²) < 4.78 is 25.9. The third-order valence-electron chi connectivity index (χ3n) is 2.28. The molecule has 0 saturated carbocycles. The molecule has 0 spiro atoms. The van der Waals surface area contributed by atoms with Gasteiger partial charge in [-0.3, -0.25) is 11.3 Å². The molecule has 2 nitrogen and oxygen atoms in total. The summed E-state index contributed by atoms with van der Waals surface area (Å²) in [6.07, 6.45) is 0. The predicted octanol–water partition coefficient (Wildman–Crippen LogP) is 2.86. The molecule has 1 unspecified atom stereocenters. The number of rotatable bonds is 6. The van der Waals surface area contributed by atoms with E-state index in [4.69, 9.17) is 5.84 Å². The van der Waals surface area contributed by atoms with Crippen LogP contribution in [0.4, 0.5) is 8.78 Å². The van der Waals surface area contributed by atoms with Crippen LogP contribution in [0.1, 0.15) is 25.5 Å². The van der Waals surface area contributed by atoms with E-state index in [1.54, 1.807) is 17.8 Å². The summed E-state index contributed by atoms with van der Waals surface area (Å²) in [5.74, 6) is 6.11. The molecule has 0 heterocycles. The van der Waals surface area contributed by atoms with Crippen LogP contribution in [-0.2, 0) is 0 Å². The van der Waals surface area contributed by atoms with Crippen molar-refractivity contribution in [3.63, 3.8) is 0 Å². The summed E-state index contributed by atoms with van der Waals surface area (Å²) in [6, 6.07) is 3.71. The van der Waals surface area contributed by atoms with E-state index in [0.717, 1.165) is 17.6 Å². The van der Waals surface area contributed by atoms with Gasteiger partial charge in [0.05, 0.1) is 6.04 Å². The molecule has 3 N–H and O–H groups in total. The highest BCUT2D eigenvalue weighted by Gasteiger charge is 2.12. The minimum atomic E-state index is -0.836. The molecule has 0 aromatic heterocycles. The largest absolute Gasteiger partial charge is 0.271 e. The number of hydrogen-bond donors (Lipinski definition) is 2. The minimum Gasteiger partial charge on any atom is -0.271 e. The first-order valence-electron chi connectivity index (χ1n) is 5.53. The molecule has 0 bridgehead atoms. The van der Waals surface area contributed by atoms with E-state index in [-0.39, 0.29) is 6.04 Å². The van der Waals surface area contributed by atoms with Crippen LogP contribution in [0.15, 0.2) is 18.2 Å². The maximum atomic E-state index is 13.1. The second kappa shape index (κ2) is 6.93. The van der Waals surface area contributed by atoms with Crippen LogP contribution in [0.2, 0.25) is 0 Å². The fourth-order valence-corrected chi connectivity index (χ4v) is 2.52.